The summed E-state index contributed by atoms with van der Waals surface area (Å²) in [7, 11) is 0. The summed E-state index contributed by atoms with van der Waals surface area (Å²) in [6.07, 6.45) is -0.595. The summed E-state index contributed by atoms with van der Waals surface area (Å²) < 4.78 is 5.61. The van der Waals surface area contributed by atoms with Crippen LogP contribution in [-0.2, 0) is 16.1 Å². The largest absolute Gasteiger partial charge is 0.480 e. The van der Waals surface area contributed by atoms with Crippen LogP contribution in [0.3, 0.4) is 0 Å². The third-order valence-electron chi connectivity index (χ3n) is 2.63. The molecule has 0 bridgehead atoms. The van der Waals surface area contributed by atoms with Gasteiger partial charge in [0, 0.05) is 11.8 Å². The summed E-state index contributed by atoms with van der Waals surface area (Å²) in [6.45, 7) is 3.77. The number of hydrogen-bond acceptors (Lipinski definition) is 3. The molecule has 1 atom stereocenters. The Balaban J connectivity index is 2.58. The number of amides is 1. The number of carbonyl (C=O) groups excluding carboxylic acids is 1. The lowest BCUT2D eigenvalue weighted by Crippen LogP contribution is -2.40. The zero-order valence-electron chi connectivity index (χ0n) is 11.5. The van der Waals surface area contributed by atoms with E-state index >= 15 is 0 Å². The zero-order valence-corrected chi connectivity index (χ0v) is 12.2. The Bertz CT molecular complexity index is 450. The zero-order chi connectivity index (χ0) is 15.1. The van der Waals surface area contributed by atoms with Crippen LogP contribution in [0.5, 0.6) is 0 Å². The number of aliphatic carboxylic acids is 1. The summed E-state index contributed by atoms with van der Waals surface area (Å²) in [4.78, 5) is 22.9. The van der Waals surface area contributed by atoms with Crippen LogP contribution in [0.4, 0.5) is 4.79 Å². The molecule has 20 heavy (non-hydrogen) atoms. The molecule has 1 rings (SSSR count). The number of rotatable bonds is 6. The fourth-order valence-electron chi connectivity index (χ4n) is 1.65. The molecule has 1 aromatic rings. The third-order valence-corrected chi connectivity index (χ3v) is 3.01. The fourth-order valence-corrected chi connectivity index (χ4v) is 1.86. The van der Waals surface area contributed by atoms with E-state index in [1.54, 1.807) is 12.1 Å². The molecule has 0 unspecified atom stereocenters. The van der Waals surface area contributed by atoms with Gasteiger partial charge in [-0.2, -0.15) is 0 Å². The quantitative estimate of drug-likeness (QED) is 0.819. The number of halogens is 1. The first-order valence-electron chi connectivity index (χ1n) is 6.30. The van der Waals surface area contributed by atoms with Gasteiger partial charge in [0.05, 0.1) is 0 Å². The predicted octanol–water partition coefficient (Wildman–Crippen LogP) is 3.28. The maximum atomic E-state index is 11.8. The van der Waals surface area contributed by atoms with Crippen LogP contribution in [0.15, 0.2) is 30.3 Å². The minimum Gasteiger partial charge on any atom is -0.480 e. The van der Waals surface area contributed by atoms with E-state index in [9.17, 15) is 9.59 Å². The predicted molar refractivity (Wildman–Crippen MR) is 75.2 cm³/mol. The second-order valence-corrected chi connectivity index (χ2v) is 5.20. The number of ether oxygens (including phenoxy) is 1. The van der Waals surface area contributed by atoms with E-state index < -0.39 is 18.1 Å². The summed E-state index contributed by atoms with van der Waals surface area (Å²) in [5, 5.41) is 9.09. The summed E-state index contributed by atoms with van der Waals surface area (Å²) >= 11 is 5.78. The van der Waals surface area contributed by atoms with Gasteiger partial charge in [-0.3, -0.25) is 0 Å². The van der Waals surface area contributed by atoms with Gasteiger partial charge >= 0.3 is 12.1 Å². The van der Waals surface area contributed by atoms with Crippen LogP contribution in [-0.4, -0.2) is 27.6 Å². The lowest BCUT2D eigenvalue weighted by Gasteiger charge is -2.22. The molecule has 0 spiro atoms. The Hall–Kier alpha value is -1.75. The van der Waals surface area contributed by atoms with Gasteiger partial charge in [0.15, 0.2) is 0 Å². The van der Waals surface area contributed by atoms with Crippen molar-refractivity contribution < 1.29 is 19.4 Å². The number of carboxylic acids is 1. The molecule has 0 heterocycles. The van der Waals surface area contributed by atoms with Crippen LogP contribution in [0.1, 0.15) is 25.8 Å². The van der Waals surface area contributed by atoms with Gasteiger partial charge in [-0.15, -0.1) is 0 Å². The first-order chi connectivity index (χ1) is 9.41. The standard InChI is InChI=1S/C14H18ClNO4/c1-10(2)8-12(13(17)18)16(15)14(19)20-9-11-6-4-3-5-7-11/h3-7,10,12H,8-9H2,1-2H3,(H,17,18)/t12-/m0/s1. The van der Waals surface area contributed by atoms with Crippen molar-refractivity contribution in [2.24, 2.45) is 5.92 Å². The van der Waals surface area contributed by atoms with E-state index in [1.807, 2.05) is 32.0 Å². The topological polar surface area (TPSA) is 66.8 Å². The molecule has 6 heteroatoms. The van der Waals surface area contributed by atoms with Crippen LogP contribution in [0, 0.1) is 5.92 Å². The van der Waals surface area contributed by atoms with Gasteiger partial charge in [0.25, 0.3) is 0 Å². The molecule has 0 saturated carbocycles. The van der Waals surface area contributed by atoms with Crippen molar-refractivity contribution in [2.45, 2.75) is 32.9 Å². The number of nitrogens with zero attached hydrogens (tertiary/aromatic N) is 1. The molecule has 1 aromatic carbocycles. The SMILES string of the molecule is CC(C)C[C@@H](C(=O)O)N(Cl)C(=O)OCc1ccccc1. The van der Waals surface area contributed by atoms with Gasteiger partial charge in [-0.25, -0.2) is 14.0 Å². The molecule has 0 aliphatic rings. The lowest BCUT2D eigenvalue weighted by molar-refractivity contribution is -0.141. The van der Waals surface area contributed by atoms with E-state index in [2.05, 4.69) is 0 Å². The van der Waals surface area contributed by atoms with Gasteiger partial charge in [0.2, 0.25) is 0 Å². The van der Waals surface area contributed by atoms with Gasteiger partial charge in [-0.1, -0.05) is 44.2 Å². The van der Waals surface area contributed by atoms with Crippen LogP contribution in [0.25, 0.3) is 0 Å². The minimum atomic E-state index is -1.15. The molecule has 5 nitrogen and oxygen atoms in total. The highest BCUT2D eigenvalue weighted by molar-refractivity contribution is 6.21. The Kier molecular flexibility index (Phi) is 6.31. The van der Waals surface area contributed by atoms with E-state index in [-0.39, 0.29) is 18.9 Å². The van der Waals surface area contributed by atoms with Crippen molar-refractivity contribution in [3.8, 4) is 0 Å². The summed E-state index contributed by atoms with van der Waals surface area (Å²) in [6, 6.07) is 7.99. The molecule has 0 radical (unpaired) electrons. The highest BCUT2D eigenvalue weighted by Gasteiger charge is 2.30. The fraction of sp³-hybridized carbons (Fsp3) is 0.429. The average Bonchev–Trinajstić information content (AvgIpc) is 2.42. The van der Waals surface area contributed by atoms with Crippen LogP contribution in [0.2, 0.25) is 0 Å². The Morgan fingerprint density at radius 1 is 1.30 bits per heavy atom. The number of benzene rings is 1. The summed E-state index contributed by atoms with van der Waals surface area (Å²) in [5.41, 5.74) is 0.807. The van der Waals surface area contributed by atoms with E-state index in [0.29, 0.717) is 4.42 Å². The highest BCUT2D eigenvalue weighted by atomic mass is 35.5. The average molecular weight is 300 g/mol. The van der Waals surface area contributed by atoms with Crippen molar-refractivity contribution in [3.05, 3.63) is 35.9 Å². The van der Waals surface area contributed by atoms with Crippen molar-refractivity contribution >= 4 is 23.8 Å². The Labute approximate surface area is 123 Å². The first kappa shape index (κ1) is 16.3. The first-order valence-corrected chi connectivity index (χ1v) is 6.64. The van der Waals surface area contributed by atoms with Gasteiger partial charge in [-0.05, 0) is 17.9 Å². The normalized spacial score (nSPS) is 12.0. The molecule has 0 aliphatic carbocycles. The monoisotopic (exact) mass is 299 g/mol. The van der Waals surface area contributed by atoms with Crippen LogP contribution >= 0.6 is 11.8 Å². The molecule has 1 amide bonds. The maximum absolute atomic E-state index is 11.8. The van der Waals surface area contributed by atoms with E-state index in [1.165, 1.54) is 0 Å². The molecule has 110 valence electrons. The molecular formula is C14H18ClNO4. The number of carbonyl (C=O) groups is 2. The molecule has 1 N–H and O–H groups in total. The Morgan fingerprint density at radius 3 is 2.40 bits per heavy atom. The van der Waals surface area contributed by atoms with Crippen molar-refractivity contribution in [3.63, 3.8) is 0 Å². The van der Waals surface area contributed by atoms with E-state index in [0.717, 1.165) is 5.56 Å². The van der Waals surface area contributed by atoms with Crippen LogP contribution < -0.4 is 0 Å². The molecule has 0 fully saturated rings. The van der Waals surface area contributed by atoms with Crippen molar-refractivity contribution in [1.29, 1.82) is 0 Å². The van der Waals surface area contributed by atoms with Crippen molar-refractivity contribution in [1.82, 2.24) is 4.42 Å². The molecular weight excluding hydrogens is 282 g/mol. The third kappa shape index (κ3) is 5.09. The maximum Gasteiger partial charge on any atom is 0.425 e. The van der Waals surface area contributed by atoms with E-state index in [4.69, 9.17) is 21.6 Å². The molecule has 0 aromatic heterocycles. The summed E-state index contributed by atoms with van der Waals surface area (Å²) in [5.74, 6) is -1.05. The van der Waals surface area contributed by atoms with Crippen molar-refractivity contribution in [2.75, 3.05) is 0 Å². The highest BCUT2D eigenvalue weighted by Crippen LogP contribution is 2.16. The van der Waals surface area contributed by atoms with Gasteiger partial charge in [0.1, 0.15) is 12.6 Å². The Morgan fingerprint density at radius 2 is 1.90 bits per heavy atom. The second kappa shape index (κ2) is 7.75. The minimum absolute atomic E-state index is 0.0525. The van der Waals surface area contributed by atoms with Gasteiger partial charge < -0.3 is 9.84 Å². The smallest absolute Gasteiger partial charge is 0.425 e. The number of carboxylic acid groups (broad SMARTS) is 1. The molecule has 0 aliphatic heterocycles. The number of hydrogen-bond donors (Lipinski definition) is 1. The lowest BCUT2D eigenvalue weighted by atomic mass is 10.0. The molecule has 0 saturated heterocycles. The second-order valence-electron chi connectivity index (χ2n) is 4.83.